The monoisotopic (exact) mass is 200 g/mol. The molecule has 4 nitrogen and oxygen atoms in total. The zero-order valence-corrected chi connectivity index (χ0v) is 8.36. The average Bonchev–Trinajstić information content (AvgIpc) is 2.16. The topological polar surface area (TPSA) is 63.6 Å². The first-order chi connectivity index (χ1) is 6.63. The lowest BCUT2D eigenvalue weighted by Gasteiger charge is -2.26. The van der Waals surface area contributed by atoms with Crippen LogP contribution in [0.5, 0.6) is 0 Å². The highest BCUT2D eigenvalue weighted by Gasteiger charge is 2.28. The minimum atomic E-state index is -0.777. The Morgan fingerprint density at radius 3 is 2.71 bits per heavy atom. The number of hydrogen-bond acceptors (Lipinski definition) is 3. The zero-order chi connectivity index (χ0) is 10.6. The molecule has 14 heavy (non-hydrogen) atoms. The van der Waals surface area contributed by atoms with Crippen LogP contribution in [0.2, 0.25) is 0 Å². The van der Waals surface area contributed by atoms with Gasteiger partial charge in [0.1, 0.15) is 0 Å². The van der Waals surface area contributed by atoms with Gasteiger partial charge in [-0.15, -0.1) is 0 Å². The summed E-state index contributed by atoms with van der Waals surface area (Å²) in [6.45, 7) is 0. The molecule has 4 heteroatoms. The first-order valence-electron chi connectivity index (χ1n) is 4.93. The van der Waals surface area contributed by atoms with Gasteiger partial charge in [0, 0.05) is 6.42 Å². The molecule has 1 rings (SSSR count). The van der Waals surface area contributed by atoms with Crippen LogP contribution in [0.3, 0.4) is 0 Å². The molecular formula is C10H16O4. The van der Waals surface area contributed by atoms with Gasteiger partial charge in [-0.3, -0.25) is 9.59 Å². The van der Waals surface area contributed by atoms with Crippen molar-refractivity contribution < 1.29 is 19.4 Å². The Kier molecular flexibility index (Phi) is 3.92. The number of carboxylic acids is 1. The lowest BCUT2D eigenvalue weighted by atomic mass is 9.80. The number of methoxy groups -OCH3 is 1. The fourth-order valence-electron chi connectivity index (χ4n) is 2.10. The molecular weight excluding hydrogens is 184 g/mol. The molecule has 0 aromatic rings. The predicted molar refractivity (Wildman–Crippen MR) is 49.7 cm³/mol. The van der Waals surface area contributed by atoms with E-state index >= 15 is 0 Å². The van der Waals surface area contributed by atoms with Crippen molar-refractivity contribution in [2.75, 3.05) is 7.11 Å². The predicted octanol–water partition coefficient (Wildman–Crippen LogP) is 1.44. The normalized spacial score (nSPS) is 26.9. The first-order valence-corrected chi connectivity index (χ1v) is 4.93. The maximum absolute atomic E-state index is 11.2. The molecule has 0 amide bonds. The number of esters is 1. The molecule has 0 radical (unpaired) electrons. The van der Waals surface area contributed by atoms with Crippen LogP contribution in [0.1, 0.15) is 32.1 Å². The molecule has 1 saturated carbocycles. The zero-order valence-electron chi connectivity index (χ0n) is 8.36. The number of aliphatic carboxylic acids is 1. The Bertz CT molecular complexity index is 224. The third-order valence-electron chi connectivity index (χ3n) is 2.78. The Morgan fingerprint density at radius 2 is 2.14 bits per heavy atom. The summed E-state index contributed by atoms with van der Waals surface area (Å²) in [5, 5.41) is 8.63. The molecule has 0 aromatic heterocycles. The van der Waals surface area contributed by atoms with Crippen molar-refractivity contribution in [3.63, 3.8) is 0 Å². The van der Waals surface area contributed by atoms with Gasteiger partial charge in [0.2, 0.25) is 0 Å². The van der Waals surface area contributed by atoms with E-state index in [1.54, 1.807) is 0 Å². The summed E-state index contributed by atoms with van der Waals surface area (Å²) in [7, 11) is 1.38. The van der Waals surface area contributed by atoms with E-state index in [4.69, 9.17) is 5.11 Å². The Balaban J connectivity index is 2.43. The fraction of sp³-hybridized carbons (Fsp3) is 0.800. The van der Waals surface area contributed by atoms with Crippen LogP contribution in [-0.2, 0) is 14.3 Å². The maximum atomic E-state index is 11.2. The van der Waals surface area contributed by atoms with Gasteiger partial charge in [0.15, 0.2) is 0 Å². The van der Waals surface area contributed by atoms with E-state index < -0.39 is 5.97 Å². The van der Waals surface area contributed by atoms with Crippen LogP contribution < -0.4 is 0 Å². The Hall–Kier alpha value is -1.06. The molecule has 0 unspecified atom stereocenters. The second-order valence-corrected chi connectivity index (χ2v) is 3.85. The van der Waals surface area contributed by atoms with Gasteiger partial charge in [-0.1, -0.05) is 6.42 Å². The second kappa shape index (κ2) is 4.98. The summed E-state index contributed by atoms with van der Waals surface area (Å²) in [6.07, 6.45) is 3.52. The van der Waals surface area contributed by atoms with E-state index in [1.807, 2.05) is 0 Å². The quantitative estimate of drug-likeness (QED) is 0.700. The summed E-state index contributed by atoms with van der Waals surface area (Å²) < 4.78 is 4.66. The van der Waals surface area contributed by atoms with Crippen molar-refractivity contribution in [1.29, 1.82) is 0 Å². The van der Waals surface area contributed by atoms with Gasteiger partial charge in [0.05, 0.1) is 13.0 Å². The maximum Gasteiger partial charge on any atom is 0.308 e. The molecule has 1 fully saturated rings. The van der Waals surface area contributed by atoms with Crippen molar-refractivity contribution >= 4 is 11.9 Å². The van der Waals surface area contributed by atoms with Gasteiger partial charge >= 0.3 is 11.9 Å². The number of carbonyl (C=O) groups is 2. The largest absolute Gasteiger partial charge is 0.481 e. The number of hydrogen-bond donors (Lipinski definition) is 1. The highest BCUT2D eigenvalue weighted by atomic mass is 16.5. The molecule has 1 N–H and O–H groups in total. The van der Waals surface area contributed by atoms with E-state index in [1.165, 1.54) is 7.11 Å². The van der Waals surface area contributed by atoms with Crippen LogP contribution in [-0.4, -0.2) is 24.2 Å². The van der Waals surface area contributed by atoms with Crippen LogP contribution >= 0.6 is 0 Å². The molecule has 0 aliphatic heterocycles. The van der Waals surface area contributed by atoms with Crippen molar-refractivity contribution in [3.05, 3.63) is 0 Å². The van der Waals surface area contributed by atoms with E-state index in [0.29, 0.717) is 6.42 Å². The number of ether oxygens (including phenoxy) is 1. The molecule has 0 saturated heterocycles. The van der Waals surface area contributed by atoms with Gasteiger partial charge in [-0.2, -0.15) is 0 Å². The SMILES string of the molecule is COC(=O)[C@@H]1CCC[C@H](CC(=O)O)C1. The van der Waals surface area contributed by atoms with E-state index in [-0.39, 0.29) is 24.2 Å². The molecule has 1 aliphatic rings. The average molecular weight is 200 g/mol. The third-order valence-corrected chi connectivity index (χ3v) is 2.78. The summed E-state index contributed by atoms with van der Waals surface area (Å²) in [4.78, 5) is 21.7. The fourth-order valence-corrected chi connectivity index (χ4v) is 2.10. The lowest BCUT2D eigenvalue weighted by molar-refractivity contribution is -0.148. The van der Waals surface area contributed by atoms with Crippen LogP contribution in [0.4, 0.5) is 0 Å². The molecule has 0 aromatic carbocycles. The number of carbonyl (C=O) groups excluding carboxylic acids is 1. The molecule has 0 spiro atoms. The standard InChI is InChI=1S/C10H16O4/c1-14-10(13)8-4-2-3-7(5-8)6-9(11)12/h7-8H,2-6H2,1H3,(H,11,12)/t7-,8+/m0/s1. The lowest BCUT2D eigenvalue weighted by Crippen LogP contribution is -2.25. The highest BCUT2D eigenvalue weighted by Crippen LogP contribution is 2.31. The van der Waals surface area contributed by atoms with Crippen LogP contribution in [0.25, 0.3) is 0 Å². The molecule has 2 atom stereocenters. The Labute approximate surface area is 83.2 Å². The number of rotatable bonds is 3. The van der Waals surface area contributed by atoms with E-state index in [2.05, 4.69) is 4.74 Å². The third kappa shape index (κ3) is 3.01. The first kappa shape index (κ1) is 11.0. The molecule has 1 aliphatic carbocycles. The Morgan fingerprint density at radius 1 is 1.43 bits per heavy atom. The van der Waals surface area contributed by atoms with Crippen molar-refractivity contribution in [3.8, 4) is 0 Å². The van der Waals surface area contributed by atoms with E-state index in [0.717, 1.165) is 19.3 Å². The van der Waals surface area contributed by atoms with Crippen LogP contribution in [0, 0.1) is 11.8 Å². The smallest absolute Gasteiger partial charge is 0.308 e. The summed E-state index contributed by atoms with van der Waals surface area (Å²) in [6, 6.07) is 0. The number of carboxylic acid groups (broad SMARTS) is 1. The van der Waals surface area contributed by atoms with Gasteiger partial charge < -0.3 is 9.84 Å². The molecule has 0 bridgehead atoms. The minimum absolute atomic E-state index is 0.0851. The highest BCUT2D eigenvalue weighted by molar-refractivity contribution is 5.72. The minimum Gasteiger partial charge on any atom is -0.481 e. The van der Waals surface area contributed by atoms with Crippen LogP contribution in [0.15, 0.2) is 0 Å². The molecule has 80 valence electrons. The van der Waals surface area contributed by atoms with Gasteiger partial charge in [-0.05, 0) is 25.2 Å². The second-order valence-electron chi connectivity index (χ2n) is 3.85. The van der Waals surface area contributed by atoms with E-state index in [9.17, 15) is 9.59 Å². The summed E-state index contributed by atoms with van der Waals surface area (Å²) >= 11 is 0. The van der Waals surface area contributed by atoms with Crippen molar-refractivity contribution in [1.82, 2.24) is 0 Å². The molecule has 0 heterocycles. The summed E-state index contributed by atoms with van der Waals surface area (Å²) in [5.74, 6) is -0.913. The van der Waals surface area contributed by atoms with Crippen molar-refractivity contribution in [2.24, 2.45) is 11.8 Å². The van der Waals surface area contributed by atoms with Crippen molar-refractivity contribution in [2.45, 2.75) is 32.1 Å². The van der Waals surface area contributed by atoms with Gasteiger partial charge in [-0.25, -0.2) is 0 Å². The summed E-state index contributed by atoms with van der Waals surface area (Å²) in [5.41, 5.74) is 0. The van der Waals surface area contributed by atoms with Gasteiger partial charge in [0.25, 0.3) is 0 Å².